The summed E-state index contributed by atoms with van der Waals surface area (Å²) in [5, 5.41) is 3.13. The number of benzene rings is 1. The number of para-hydroxylation sites is 1. The number of nitrogens with zero attached hydrogens (tertiary/aromatic N) is 1. The van der Waals surface area contributed by atoms with Crippen molar-refractivity contribution in [2.24, 2.45) is 0 Å². The van der Waals surface area contributed by atoms with E-state index in [1.54, 1.807) is 0 Å². The van der Waals surface area contributed by atoms with Gasteiger partial charge in [-0.15, -0.1) is 0 Å². The van der Waals surface area contributed by atoms with Crippen molar-refractivity contribution in [3.8, 4) is 5.75 Å². The number of rotatable bonds is 2. The largest absolute Gasteiger partial charge is 0.483 e. The molecule has 4 heterocycles. The Labute approximate surface area is 194 Å². The predicted molar refractivity (Wildman–Crippen MR) is 120 cm³/mol. The first kappa shape index (κ1) is 22.6. The van der Waals surface area contributed by atoms with Crippen molar-refractivity contribution >= 4 is 11.8 Å². The fourth-order valence-corrected chi connectivity index (χ4v) is 5.60. The third kappa shape index (κ3) is 5.18. The van der Waals surface area contributed by atoms with Gasteiger partial charge in [0.2, 0.25) is 0 Å². The van der Waals surface area contributed by atoms with Crippen LogP contribution in [0, 0.1) is 0 Å². The molecule has 1 aromatic rings. The van der Waals surface area contributed by atoms with Crippen LogP contribution < -0.4 is 10.1 Å². The summed E-state index contributed by atoms with van der Waals surface area (Å²) in [6, 6.07) is 7.68. The lowest BCUT2D eigenvalue weighted by Gasteiger charge is -2.42. The van der Waals surface area contributed by atoms with E-state index in [1.807, 2.05) is 23.1 Å². The normalized spacial score (nSPS) is 32.9. The van der Waals surface area contributed by atoms with Gasteiger partial charge in [-0.3, -0.25) is 9.59 Å². The summed E-state index contributed by atoms with van der Waals surface area (Å²) >= 11 is 0. The summed E-state index contributed by atoms with van der Waals surface area (Å²) in [7, 11) is 0. The molecule has 8 heteroatoms. The fourth-order valence-electron chi connectivity index (χ4n) is 5.60. The van der Waals surface area contributed by atoms with Crippen LogP contribution >= 0.6 is 0 Å². The Bertz CT molecular complexity index is 834. The zero-order chi connectivity index (χ0) is 22.6. The molecule has 2 bridgehead atoms. The summed E-state index contributed by atoms with van der Waals surface area (Å²) in [6.07, 6.45) is 5.27. The molecule has 0 spiro atoms. The molecular weight excluding hydrogens is 424 g/mol. The molecule has 2 amide bonds. The first-order valence-electron chi connectivity index (χ1n) is 12.3. The molecule has 0 radical (unpaired) electrons. The lowest BCUT2D eigenvalue weighted by Crippen LogP contribution is -2.61. The van der Waals surface area contributed by atoms with E-state index in [-0.39, 0.29) is 43.2 Å². The fraction of sp³-hybridized carbons (Fsp3) is 0.680. The topological polar surface area (TPSA) is 86.3 Å². The molecule has 3 atom stereocenters. The molecule has 2 saturated heterocycles. The molecule has 6 rings (SSSR count). The van der Waals surface area contributed by atoms with E-state index in [0.29, 0.717) is 32.3 Å². The first-order chi connectivity index (χ1) is 16.2. The van der Waals surface area contributed by atoms with E-state index in [2.05, 4.69) is 11.4 Å². The number of fused-ring (bicyclic) bond motifs is 5. The van der Waals surface area contributed by atoms with Crippen molar-refractivity contribution in [1.82, 2.24) is 10.2 Å². The summed E-state index contributed by atoms with van der Waals surface area (Å²) in [5.41, 5.74) is 1.19. The summed E-state index contributed by atoms with van der Waals surface area (Å²) in [5.74, 6) is 0.996. The van der Waals surface area contributed by atoms with Crippen molar-refractivity contribution in [2.45, 2.75) is 68.7 Å². The molecule has 4 aliphatic heterocycles. The lowest BCUT2D eigenvalue weighted by molar-refractivity contribution is -0.151. The van der Waals surface area contributed by atoms with Gasteiger partial charge < -0.3 is 29.2 Å². The molecule has 180 valence electrons. The van der Waals surface area contributed by atoms with Gasteiger partial charge in [0.25, 0.3) is 11.8 Å². The van der Waals surface area contributed by atoms with Crippen LogP contribution in [0.1, 0.15) is 50.0 Å². The smallest absolute Gasteiger partial charge is 0.260 e. The minimum atomic E-state index is -0.601. The highest BCUT2D eigenvalue weighted by Gasteiger charge is 2.38. The highest BCUT2D eigenvalue weighted by molar-refractivity contribution is 5.82. The predicted octanol–water partition coefficient (Wildman–Crippen LogP) is 2.01. The van der Waals surface area contributed by atoms with Gasteiger partial charge in [0.05, 0.1) is 44.6 Å². The molecule has 3 fully saturated rings. The van der Waals surface area contributed by atoms with E-state index in [1.165, 1.54) is 5.56 Å². The SMILES string of the molecule is O=C(NC1CCCN2C(=O)COc3ccccc3C3CCC(CC3)OCC12)C1COCCO1. The number of hydrogen-bond acceptors (Lipinski definition) is 6. The van der Waals surface area contributed by atoms with E-state index >= 15 is 0 Å². The maximum Gasteiger partial charge on any atom is 0.260 e. The Hall–Kier alpha value is -2.16. The van der Waals surface area contributed by atoms with Crippen LogP contribution in [0.3, 0.4) is 0 Å². The van der Waals surface area contributed by atoms with E-state index < -0.39 is 6.10 Å². The maximum atomic E-state index is 13.3. The van der Waals surface area contributed by atoms with Crippen LogP contribution in [0.25, 0.3) is 0 Å². The second-order valence-corrected chi connectivity index (χ2v) is 9.48. The third-order valence-corrected chi connectivity index (χ3v) is 7.42. The van der Waals surface area contributed by atoms with Gasteiger partial charge in [0.1, 0.15) is 5.75 Å². The van der Waals surface area contributed by atoms with Gasteiger partial charge in [0.15, 0.2) is 12.7 Å². The second-order valence-electron chi connectivity index (χ2n) is 9.48. The Balaban J connectivity index is 1.34. The van der Waals surface area contributed by atoms with Crippen LogP contribution in [-0.4, -0.2) is 80.6 Å². The molecule has 0 aromatic heterocycles. The molecule has 1 saturated carbocycles. The minimum absolute atomic E-state index is 0.0100. The molecule has 5 aliphatic rings. The van der Waals surface area contributed by atoms with Crippen LogP contribution in [0.2, 0.25) is 0 Å². The van der Waals surface area contributed by atoms with Crippen molar-refractivity contribution in [2.75, 3.05) is 39.6 Å². The highest BCUT2D eigenvalue weighted by atomic mass is 16.6. The third-order valence-electron chi connectivity index (χ3n) is 7.42. The zero-order valence-corrected chi connectivity index (χ0v) is 19.1. The van der Waals surface area contributed by atoms with Gasteiger partial charge in [0, 0.05) is 6.54 Å². The standard InChI is InChI=1S/C25H34N2O6/c28-24-16-33-22-6-2-1-4-19(22)17-7-9-18(10-8-17)32-14-21-20(5-3-11-27(21)24)26-25(29)23-15-30-12-13-31-23/h1-2,4,6,17-18,20-21,23H,3,5,7-16H2,(H,26,29). The van der Waals surface area contributed by atoms with Gasteiger partial charge in [-0.05, 0) is 56.1 Å². The molecule has 3 unspecified atom stereocenters. The minimum Gasteiger partial charge on any atom is -0.483 e. The average molecular weight is 459 g/mol. The van der Waals surface area contributed by atoms with Gasteiger partial charge in [-0.25, -0.2) is 0 Å². The van der Waals surface area contributed by atoms with Gasteiger partial charge in [-0.2, -0.15) is 0 Å². The van der Waals surface area contributed by atoms with E-state index in [9.17, 15) is 9.59 Å². The quantitative estimate of drug-likeness (QED) is 0.730. The lowest BCUT2D eigenvalue weighted by atomic mass is 9.82. The number of nitrogens with one attached hydrogen (secondary N) is 1. The van der Waals surface area contributed by atoms with Gasteiger partial charge in [-0.1, -0.05) is 18.2 Å². The van der Waals surface area contributed by atoms with Crippen molar-refractivity contribution in [3.63, 3.8) is 0 Å². The van der Waals surface area contributed by atoms with Crippen molar-refractivity contribution < 1.29 is 28.5 Å². The number of carbonyl (C=O) groups excluding carboxylic acids is 2. The summed E-state index contributed by atoms with van der Waals surface area (Å²) in [4.78, 5) is 27.9. The second kappa shape index (κ2) is 10.4. The highest BCUT2D eigenvalue weighted by Crippen LogP contribution is 2.38. The van der Waals surface area contributed by atoms with Crippen molar-refractivity contribution in [3.05, 3.63) is 29.8 Å². The van der Waals surface area contributed by atoms with E-state index in [0.717, 1.165) is 44.3 Å². The summed E-state index contributed by atoms with van der Waals surface area (Å²) < 4.78 is 23.4. The van der Waals surface area contributed by atoms with Crippen LogP contribution in [-0.2, 0) is 23.8 Å². The Morgan fingerprint density at radius 1 is 1.00 bits per heavy atom. The Morgan fingerprint density at radius 2 is 1.85 bits per heavy atom. The number of carbonyl (C=O) groups is 2. The monoisotopic (exact) mass is 458 g/mol. The maximum absolute atomic E-state index is 13.3. The molecule has 1 aliphatic carbocycles. The average Bonchev–Trinajstić information content (AvgIpc) is 2.88. The number of piperidine rings is 1. The molecule has 1 aromatic carbocycles. The first-order valence-corrected chi connectivity index (χ1v) is 12.3. The molecule has 33 heavy (non-hydrogen) atoms. The van der Waals surface area contributed by atoms with Crippen molar-refractivity contribution in [1.29, 1.82) is 0 Å². The Morgan fingerprint density at radius 3 is 2.67 bits per heavy atom. The van der Waals surface area contributed by atoms with E-state index in [4.69, 9.17) is 18.9 Å². The van der Waals surface area contributed by atoms with Gasteiger partial charge >= 0.3 is 0 Å². The Kier molecular flexibility index (Phi) is 7.13. The molecule has 8 nitrogen and oxygen atoms in total. The summed E-state index contributed by atoms with van der Waals surface area (Å²) in [6.45, 7) is 2.24. The number of hydrogen-bond donors (Lipinski definition) is 1. The van der Waals surface area contributed by atoms with Crippen LogP contribution in [0.5, 0.6) is 5.75 Å². The molecule has 1 N–H and O–H groups in total. The van der Waals surface area contributed by atoms with Crippen LogP contribution in [0.4, 0.5) is 0 Å². The van der Waals surface area contributed by atoms with Crippen LogP contribution in [0.15, 0.2) is 24.3 Å². The zero-order valence-electron chi connectivity index (χ0n) is 19.1. The number of amides is 2. The number of ether oxygens (including phenoxy) is 4. The molecular formula is C25H34N2O6.